The van der Waals surface area contributed by atoms with Crippen molar-refractivity contribution >= 4 is 5.78 Å². The summed E-state index contributed by atoms with van der Waals surface area (Å²) in [5, 5.41) is 0. The van der Waals surface area contributed by atoms with Crippen molar-refractivity contribution < 1.29 is 19.0 Å². The summed E-state index contributed by atoms with van der Waals surface area (Å²) < 4.78 is 15.9. The van der Waals surface area contributed by atoms with E-state index in [-0.39, 0.29) is 5.78 Å². The highest BCUT2D eigenvalue weighted by molar-refractivity contribution is 5.89. The number of benzene rings is 1. The summed E-state index contributed by atoms with van der Waals surface area (Å²) in [4.78, 5) is 11.4. The first kappa shape index (κ1) is 15.9. The van der Waals surface area contributed by atoms with E-state index < -0.39 is 0 Å². The largest absolute Gasteiger partial charge is 0.496 e. The molecule has 20 heavy (non-hydrogen) atoms. The Hall–Kier alpha value is -2.19. The predicted molar refractivity (Wildman–Crippen MR) is 77.8 cm³/mol. The second kappa shape index (κ2) is 8.08. The summed E-state index contributed by atoms with van der Waals surface area (Å²) in [7, 11) is 4.79. The number of hydrogen-bond acceptors (Lipinski definition) is 4. The Balaban J connectivity index is 2.87. The van der Waals surface area contributed by atoms with Crippen LogP contribution < -0.4 is 14.2 Å². The third-order valence-electron chi connectivity index (χ3n) is 2.93. The molecule has 0 saturated carbocycles. The average Bonchev–Trinajstić information content (AvgIpc) is 2.47. The minimum absolute atomic E-state index is 0.0199. The van der Waals surface area contributed by atoms with Gasteiger partial charge in [0.15, 0.2) is 5.78 Å². The molecule has 0 saturated heterocycles. The van der Waals surface area contributed by atoms with Gasteiger partial charge in [0, 0.05) is 30.2 Å². The van der Waals surface area contributed by atoms with Gasteiger partial charge >= 0.3 is 0 Å². The van der Waals surface area contributed by atoms with Crippen LogP contribution >= 0.6 is 0 Å². The van der Waals surface area contributed by atoms with Crippen LogP contribution in [0.5, 0.6) is 17.2 Å². The molecule has 1 aromatic carbocycles. The fourth-order valence-electron chi connectivity index (χ4n) is 1.95. The SMILES string of the molecule is C=C=CC(=O)CCCc1c(OC)cc(OC)cc1OC. The zero-order valence-electron chi connectivity index (χ0n) is 12.2. The number of rotatable bonds is 8. The first-order chi connectivity index (χ1) is 9.65. The highest BCUT2D eigenvalue weighted by Crippen LogP contribution is 2.35. The Morgan fingerprint density at radius 1 is 1.20 bits per heavy atom. The maximum Gasteiger partial charge on any atom is 0.163 e. The van der Waals surface area contributed by atoms with Gasteiger partial charge in [-0.1, -0.05) is 6.58 Å². The van der Waals surface area contributed by atoms with Crippen molar-refractivity contribution in [2.45, 2.75) is 19.3 Å². The van der Waals surface area contributed by atoms with Gasteiger partial charge in [-0.2, -0.15) is 0 Å². The minimum Gasteiger partial charge on any atom is -0.496 e. The molecule has 0 aromatic heterocycles. The van der Waals surface area contributed by atoms with E-state index in [0.29, 0.717) is 36.5 Å². The Morgan fingerprint density at radius 2 is 1.80 bits per heavy atom. The molecule has 0 radical (unpaired) electrons. The van der Waals surface area contributed by atoms with Crippen LogP contribution in [0.15, 0.2) is 30.5 Å². The third-order valence-corrected chi connectivity index (χ3v) is 2.93. The Morgan fingerprint density at radius 3 is 2.25 bits per heavy atom. The molecule has 0 aliphatic carbocycles. The highest BCUT2D eigenvalue weighted by Gasteiger charge is 2.13. The van der Waals surface area contributed by atoms with Crippen molar-refractivity contribution in [1.29, 1.82) is 0 Å². The number of hydrogen-bond donors (Lipinski definition) is 0. The molecule has 0 heterocycles. The predicted octanol–water partition coefficient (Wildman–Crippen LogP) is 2.95. The number of methoxy groups -OCH3 is 3. The maximum atomic E-state index is 11.4. The Kier molecular flexibility index (Phi) is 6.41. The van der Waals surface area contributed by atoms with E-state index in [1.165, 1.54) is 6.08 Å². The number of allylic oxidation sites excluding steroid dienone is 1. The Bertz CT molecular complexity index is 488. The zero-order valence-corrected chi connectivity index (χ0v) is 12.2. The quantitative estimate of drug-likeness (QED) is 0.541. The molecule has 0 atom stereocenters. The molecule has 0 aliphatic heterocycles. The van der Waals surface area contributed by atoms with E-state index in [2.05, 4.69) is 12.3 Å². The second-order valence-electron chi connectivity index (χ2n) is 4.18. The van der Waals surface area contributed by atoms with E-state index in [1.54, 1.807) is 21.3 Å². The number of carbonyl (C=O) groups excluding carboxylic acids is 1. The maximum absolute atomic E-state index is 11.4. The molecule has 4 heteroatoms. The fourth-order valence-corrected chi connectivity index (χ4v) is 1.95. The molecular formula is C16H20O4. The molecule has 0 fully saturated rings. The topological polar surface area (TPSA) is 44.8 Å². The third kappa shape index (κ3) is 4.18. The molecule has 0 aliphatic rings. The fraction of sp³-hybridized carbons (Fsp3) is 0.375. The van der Waals surface area contributed by atoms with Crippen LogP contribution in [0.1, 0.15) is 18.4 Å². The van der Waals surface area contributed by atoms with Gasteiger partial charge in [0.1, 0.15) is 17.2 Å². The first-order valence-electron chi connectivity index (χ1n) is 6.33. The van der Waals surface area contributed by atoms with Crippen molar-refractivity contribution in [2.75, 3.05) is 21.3 Å². The monoisotopic (exact) mass is 276 g/mol. The van der Waals surface area contributed by atoms with Crippen LogP contribution in [-0.2, 0) is 11.2 Å². The van der Waals surface area contributed by atoms with Crippen molar-refractivity contribution in [3.05, 3.63) is 36.1 Å². The van der Waals surface area contributed by atoms with Gasteiger partial charge in [-0.15, -0.1) is 5.73 Å². The van der Waals surface area contributed by atoms with Crippen LogP contribution in [0, 0.1) is 0 Å². The van der Waals surface area contributed by atoms with E-state index in [1.807, 2.05) is 12.1 Å². The smallest absolute Gasteiger partial charge is 0.163 e. The Labute approximate surface area is 119 Å². The lowest BCUT2D eigenvalue weighted by atomic mass is 10.0. The van der Waals surface area contributed by atoms with E-state index in [0.717, 1.165) is 5.56 Å². The standard InChI is InChI=1S/C16H20O4/c1-5-7-12(17)8-6-9-14-15(19-3)10-13(18-2)11-16(14)20-4/h7,10-11H,1,6,8-9H2,2-4H3. The minimum atomic E-state index is 0.0199. The van der Waals surface area contributed by atoms with Crippen LogP contribution in [0.3, 0.4) is 0 Å². The zero-order chi connectivity index (χ0) is 15.0. The lowest BCUT2D eigenvalue weighted by Crippen LogP contribution is -2.00. The van der Waals surface area contributed by atoms with Crippen molar-refractivity contribution in [3.63, 3.8) is 0 Å². The van der Waals surface area contributed by atoms with Gasteiger partial charge in [-0.05, 0) is 12.8 Å². The second-order valence-corrected chi connectivity index (χ2v) is 4.18. The van der Waals surface area contributed by atoms with Crippen LogP contribution in [0.25, 0.3) is 0 Å². The van der Waals surface area contributed by atoms with Gasteiger partial charge in [-0.3, -0.25) is 4.79 Å². The summed E-state index contributed by atoms with van der Waals surface area (Å²) in [6.07, 6.45) is 3.20. The van der Waals surface area contributed by atoms with Crippen LogP contribution in [-0.4, -0.2) is 27.1 Å². The van der Waals surface area contributed by atoms with E-state index in [9.17, 15) is 4.79 Å². The molecular weight excluding hydrogens is 256 g/mol. The van der Waals surface area contributed by atoms with Gasteiger partial charge < -0.3 is 14.2 Å². The molecule has 0 bridgehead atoms. The van der Waals surface area contributed by atoms with Crippen molar-refractivity contribution in [1.82, 2.24) is 0 Å². The summed E-state index contributed by atoms with van der Waals surface area (Å²) in [5.41, 5.74) is 3.42. The lowest BCUT2D eigenvalue weighted by molar-refractivity contribution is -0.114. The number of ketones is 1. The average molecular weight is 276 g/mol. The van der Waals surface area contributed by atoms with Gasteiger partial charge in [0.25, 0.3) is 0 Å². The molecule has 0 unspecified atom stereocenters. The van der Waals surface area contributed by atoms with Gasteiger partial charge in [0.2, 0.25) is 0 Å². The molecule has 1 aromatic rings. The lowest BCUT2D eigenvalue weighted by Gasteiger charge is -2.14. The molecule has 0 amide bonds. The summed E-state index contributed by atoms with van der Waals surface area (Å²) in [5.74, 6) is 2.10. The molecule has 0 spiro atoms. The summed E-state index contributed by atoms with van der Waals surface area (Å²) in [6, 6.07) is 3.62. The van der Waals surface area contributed by atoms with Crippen molar-refractivity contribution in [2.24, 2.45) is 0 Å². The first-order valence-corrected chi connectivity index (χ1v) is 6.33. The molecule has 1 rings (SSSR count). The van der Waals surface area contributed by atoms with Crippen LogP contribution in [0.2, 0.25) is 0 Å². The normalized spacial score (nSPS) is 9.55. The summed E-state index contributed by atoms with van der Waals surface area (Å²) in [6.45, 7) is 3.39. The van der Waals surface area contributed by atoms with Gasteiger partial charge in [0.05, 0.1) is 21.3 Å². The van der Waals surface area contributed by atoms with E-state index in [4.69, 9.17) is 14.2 Å². The number of carbonyl (C=O) groups is 1. The highest BCUT2D eigenvalue weighted by atomic mass is 16.5. The molecule has 108 valence electrons. The molecule has 4 nitrogen and oxygen atoms in total. The molecule has 0 N–H and O–H groups in total. The number of ether oxygens (including phenoxy) is 3. The van der Waals surface area contributed by atoms with Crippen molar-refractivity contribution in [3.8, 4) is 17.2 Å². The van der Waals surface area contributed by atoms with E-state index >= 15 is 0 Å². The van der Waals surface area contributed by atoms with Crippen LogP contribution in [0.4, 0.5) is 0 Å². The van der Waals surface area contributed by atoms with Gasteiger partial charge in [-0.25, -0.2) is 0 Å². The summed E-state index contributed by atoms with van der Waals surface area (Å²) >= 11 is 0.